The number of nitrogens with one attached hydrogen (secondary N) is 1. The minimum Gasteiger partial charge on any atom is -0.480 e. The van der Waals surface area contributed by atoms with Gasteiger partial charge in [0.15, 0.2) is 0 Å². The first-order chi connectivity index (χ1) is 20.6. The third-order valence-electron chi connectivity index (χ3n) is 5.46. The summed E-state index contributed by atoms with van der Waals surface area (Å²) in [6.45, 7) is 3.30. The average Bonchev–Trinajstić information content (AvgIpc) is 2.99. The number of hydrogen-bond acceptors (Lipinski definition) is 7. The summed E-state index contributed by atoms with van der Waals surface area (Å²) in [5, 5.41) is 20.0. The first-order valence-corrected chi connectivity index (χ1v) is 14.2. The fraction of sp³-hybridized carbons (Fsp3) is 0.312. The summed E-state index contributed by atoms with van der Waals surface area (Å²) < 4.78 is 0. The van der Waals surface area contributed by atoms with Crippen molar-refractivity contribution >= 4 is 41.4 Å². The standard InChI is InChI=1S/C11H13NO2.C8H11N.C7H5ClO2.C6H14N2O2/c1-2-3-11(14)12-10-6-4-9(8-13)5-7-10;9-7-6-8-4-2-1-3-5-8;8-6-3-1-5(2-4-6)7(9)10;7-4-2-1-3-5(8)6(9)10/h4-8H,2-3H2,1H3,(H,12,14);1-5H,6-7,9H2;1-4H,(H,9,10);5H,1-4,7-8H2,(H,9,10). The second-order valence-electron chi connectivity index (χ2n) is 9.10. The van der Waals surface area contributed by atoms with E-state index < -0.39 is 18.0 Å². The van der Waals surface area contributed by atoms with E-state index in [9.17, 15) is 19.2 Å². The van der Waals surface area contributed by atoms with Gasteiger partial charge in [0.05, 0.1) is 5.56 Å². The van der Waals surface area contributed by atoms with Crippen molar-refractivity contribution in [2.24, 2.45) is 17.2 Å². The topological polar surface area (TPSA) is 199 Å². The van der Waals surface area contributed by atoms with Gasteiger partial charge in [0.1, 0.15) is 12.3 Å². The van der Waals surface area contributed by atoms with Gasteiger partial charge in [-0.2, -0.15) is 0 Å². The zero-order valence-corrected chi connectivity index (χ0v) is 25.2. The number of carbonyl (C=O) groups is 4. The van der Waals surface area contributed by atoms with Gasteiger partial charge in [-0.3, -0.25) is 14.4 Å². The molecule has 0 aliphatic carbocycles. The number of carboxylic acids is 2. The van der Waals surface area contributed by atoms with Crippen LogP contribution in [-0.2, 0) is 16.0 Å². The molecule has 43 heavy (non-hydrogen) atoms. The fourth-order valence-electron chi connectivity index (χ4n) is 3.13. The molecular formula is C32H43ClN4O6. The first kappa shape index (κ1) is 38.9. The number of rotatable bonds is 12. The van der Waals surface area contributed by atoms with Gasteiger partial charge in [0.25, 0.3) is 0 Å². The van der Waals surface area contributed by atoms with Gasteiger partial charge < -0.3 is 32.7 Å². The molecule has 1 unspecified atom stereocenters. The molecule has 0 aliphatic heterocycles. The van der Waals surface area contributed by atoms with Gasteiger partial charge in [-0.15, -0.1) is 0 Å². The van der Waals surface area contributed by atoms with E-state index in [1.807, 2.05) is 25.1 Å². The molecule has 3 aromatic carbocycles. The molecule has 0 radical (unpaired) electrons. The summed E-state index contributed by atoms with van der Waals surface area (Å²) in [5.41, 5.74) is 18.7. The molecule has 3 rings (SSSR count). The van der Waals surface area contributed by atoms with Gasteiger partial charge in [0, 0.05) is 22.7 Å². The number of amides is 1. The number of halogens is 1. The molecule has 0 aliphatic rings. The summed E-state index contributed by atoms with van der Waals surface area (Å²) >= 11 is 5.52. The Balaban J connectivity index is 0.000000556. The fourth-order valence-corrected chi connectivity index (χ4v) is 3.26. The van der Waals surface area contributed by atoms with Crippen LogP contribution in [-0.4, -0.2) is 53.5 Å². The van der Waals surface area contributed by atoms with E-state index in [2.05, 4.69) is 17.4 Å². The average molecular weight is 615 g/mol. The van der Waals surface area contributed by atoms with E-state index >= 15 is 0 Å². The molecule has 1 amide bonds. The van der Waals surface area contributed by atoms with Crippen LogP contribution in [0.4, 0.5) is 5.69 Å². The zero-order valence-electron chi connectivity index (χ0n) is 24.5. The predicted molar refractivity (Wildman–Crippen MR) is 171 cm³/mol. The van der Waals surface area contributed by atoms with E-state index in [1.165, 1.54) is 17.7 Å². The number of hydrogen-bond donors (Lipinski definition) is 6. The van der Waals surface area contributed by atoms with Crippen LogP contribution in [0.2, 0.25) is 5.02 Å². The second kappa shape index (κ2) is 24.5. The summed E-state index contributed by atoms with van der Waals surface area (Å²) in [6, 6.07) is 22.4. The number of benzene rings is 3. The first-order valence-electron chi connectivity index (χ1n) is 13.8. The highest BCUT2D eigenvalue weighted by Gasteiger charge is 2.09. The van der Waals surface area contributed by atoms with E-state index in [0.29, 0.717) is 30.0 Å². The van der Waals surface area contributed by atoms with Gasteiger partial charge in [-0.25, -0.2) is 4.79 Å². The summed E-state index contributed by atoms with van der Waals surface area (Å²) in [7, 11) is 0. The third-order valence-corrected chi connectivity index (χ3v) is 5.71. The minimum absolute atomic E-state index is 0.00588. The largest absolute Gasteiger partial charge is 0.480 e. The van der Waals surface area contributed by atoms with Crippen molar-refractivity contribution in [2.45, 2.75) is 51.5 Å². The Labute approximate surface area is 258 Å². The Morgan fingerprint density at radius 1 is 0.884 bits per heavy atom. The summed E-state index contributed by atoms with van der Waals surface area (Å²) in [6.07, 6.45) is 5.28. The Kier molecular flexibility index (Phi) is 22.2. The monoisotopic (exact) mass is 614 g/mol. The molecular weight excluding hydrogens is 572 g/mol. The maximum atomic E-state index is 11.2. The van der Waals surface area contributed by atoms with Gasteiger partial charge in [0.2, 0.25) is 5.91 Å². The Morgan fingerprint density at radius 2 is 1.49 bits per heavy atom. The molecule has 0 saturated heterocycles. The molecule has 9 N–H and O–H groups in total. The van der Waals surface area contributed by atoms with E-state index in [-0.39, 0.29) is 11.5 Å². The molecule has 0 fully saturated rings. The number of anilines is 1. The minimum atomic E-state index is -0.934. The van der Waals surface area contributed by atoms with Crippen molar-refractivity contribution < 1.29 is 29.4 Å². The lowest BCUT2D eigenvalue weighted by Crippen LogP contribution is -2.29. The van der Waals surface area contributed by atoms with Crippen molar-refractivity contribution in [3.05, 3.63) is 101 Å². The smallest absolute Gasteiger partial charge is 0.335 e. The molecule has 11 heteroatoms. The van der Waals surface area contributed by atoms with Crippen molar-refractivity contribution in [2.75, 3.05) is 18.4 Å². The number of aldehydes is 1. The lowest BCUT2D eigenvalue weighted by atomic mass is 10.1. The van der Waals surface area contributed by atoms with Crippen molar-refractivity contribution in [3.63, 3.8) is 0 Å². The number of carboxylic acid groups (broad SMARTS) is 2. The Bertz CT molecular complexity index is 1190. The highest BCUT2D eigenvalue weighted by molar-refractivity contribution is 6.30. The normalized spacial score (nSPS) is 10.3. The quantitative estimate of drug-likeness (QED) is 0.120. The number of aliphatic carboxylic acids is 1. The lowest BCUT2D eigenvalue weighted by molar-refractivity contribution is -0.138. The maximum Gasteiger partial charge on any atom is 0.335 e. The summed E-state index contributed by atoms with van der Waals surface area (Å²) in [4.78, 5) is 41.9. The second-order valence-corrected chi connectivity index (χ2v) is 9.54. The van der Waals surface area contributed by atoms with Crippen LogP contribution < -0.4 is 22.5 Å². The van der Waals surface area contributed by atoms with Crippen LogP contribution >= 0.6 is 11.6 Å². The number of nitrogens with two attached hydrogens (primary N) is 3. The van der Waals surface area contributed by atoms with Crippen LogP contribution in [0.15, 0.2) is 78.9 Å². The zero-order chi connectivity index (χ0) is 32.5. The number of carbonyl (C=O) groups excluding carboxylic acids is 2. The molecule has 0 spiro atoms. The Hall–Kier alpha value is -4.09. The Morgan fingerprint density at radius 3 is 1.95 bits per heavy atom. The highest BCUT2D eigenvalue weighted by Crippen LogP contribution is 2.09. The van der Waals surface area contributed by atoms with Crippen LogP contribution in [0.5, 0.6) is 0 Å². The van der Waals surface area contributed by atoms with Crippen molar-refractivity contribution in [1.82, 2.24) is 0 Å². The molecule has 10 nitrogen and oxygen atoms in total. The molecule has 1 atom stereocenters. The molecule has 0 heterocycles. The van der Waals surface area contributed by atoms with E-state index in [4.69, 9.17) is 39.0 Å². The predicted octanol–water partition coefficient (Wildman–Crippen LogP) is 4.99. The van der Waals surface area contributed by atoms with Crippen molar-refractivity contribution in [1.29, 1.82) is 0 Å². The molecule has 0 bridgehead atoms. The van der Waals surface area contributed by atoms with Crippen molar-refractivity contribution in [3.8, 4) is 0 Å². The number of aromatic carboxylic acids is 1. The van der Waals surface area contributed by atoms with Gasteiger partial charge in [-0.05, 0) is 92.9 Å². The van der Waals surface area contributed by atoms with E-state index in [0.717, 1.165) is 44.2 Å². The van der Waals surface area contributed by atoms with Gasteiger partial charge >= 0.3 is 11.9 Å². The van der Waals surface area contributed by atoms with E-state index in [1.54, 1.807) is 36.4 Å². The summed E-state index contributed by atoms with van der Waals surface area (Å²) in [5.74, 6) is -1.86. The molecule has 0 saturated carbocycles. The van der Waals surface area contributed by atoms with Crippen LogP contribution in [0.25, 0.3) is 0 Å². The lowest BCUT2D eigenvalue weighted by Gasteiger charge is -2.03. The van der Waals surface area contributed by atoms with Crippen LogP contribution in [0.3, 0.4) is 0 Å². The van der Waals surface area contributed by atoms with Crippen LogP contribution in [0.1, 0.15) is 65.3 Å². The maximum absolute atomic E-state index is 11.2. The SMILES string of the molecule is CCCC(=O)Nc1ccc(C=O)cc1.NCCCCC(N)C(=O)O.NCCc1ccccc1.O=C(O)c1ccc(Cl)cc1. The molecule has 3 aromatic rings. The van der Waals surface area contributed by atoms with Gasteiger partial charge in [-0.1, -0.05) is 55.3 Å². The van der Waals surface area contributed by atoms with Crippen LogP contribution in [0, 0.1) is 0 Å². The highest BCUT2D eigenvalue weighted by atomic mass is 35.5. The third kappa shape index (κ3) is 20.4. The molecule has 234 valence electrons. The number of unbranched alkanes of at least 4 members (excludes halogenated alkanes) is 1. The molecule has 0 aromatic heterocycles.